The molecule has 0 radical (unpaired) electrons. The molecule has 1 aromatic heterocycles. The van der Waals surface area contributed by atoms with Crippen LogP contribution < -0.4 is 10.6 Å². The second kappa shape index (κ2) is 5.82. The number of aromatic nitrogens is 1. The maximum absolute atomic E-state index is 12.0. The van der Waals surface area contributed by atoms with Crippen molar-refractivity contribution < 1.29 is 4.79 Å². The molecule has 0 saturated carbocycles. The summed E-state index contributed by atoms with van der Waals surface area (Å²) < 4.78 is 0. The van der Waals surface area contributed by atoms with Crippen LogP contribution in [0, 0.1) is 0 Å². The molecular weight excluding hydrogens is 226 g/mol. The number of carbonyl (C=O) groups is 1. The molecule has 92 valence electrons. The fourth-order valence-electron chi connectivity index (χ4n) is 1.56. The third-order valence-electron chi connectivity index (χ3n) is 2.37. The average molecular weight is 241 g/mol. The van der Waals surface area contributed by atoms with Crippen LogP contribution in [0.1, 0.15) is 17.4 Å². The van der Waals surface area contributed by atoms with Crippen LogP contribution in [-0.4, -0.2) is 17.4 Å². The molecule has 0 bridgehead atoms. The number of nitrogens with zero attached hydrogens (tertiary/aromatic N) is 1. The second-order valence-electron chi connectivity index (χ2n) is 3.76. The van der Waals surface area contributed by atoms with Crippen LogP contribution in [0.15, 0.2) is 48.5 Å². The highest BCUT2D eigenvalue weighted by atomic mass is 16.1. The number of carbonyl (C=O) groups excluding carboxylic acids is 1. The van der Waals surface area contributed by atoms with Crippen LogP contribution in [0.2, 0.25) is 0 Å². The van der Waals surface area contributed by atoms with Crippen LogP contribution in [0.4, 0.5) is 11.5 Å². The SMILES string of the molecule is CCNc1cccc(C(=O)Nc2ccccc2)n1. The summed E-state index contributed by atoms with van der Waals surface area (Å²) in [6.45, 7) is 2.76. The maximum atomic E-state index is 12.0. The number of rotatable bonds is 4. The number of hydrogen-bond donors (Lipinski definition) is 2. The molecule has 1 heterocycles. The molecule has 0 aliphatic carbocycles. The van der Waals surface area contributed by atoms with Crippen molar-refractivity contribution in [2.75, 3.05) is 17.2 Å². The summed E-state index contributed by atoms with van der Waals surface area (Å²) in [5, 5.41) is 5.87. The van der Waals surface area contributed by atoms with Gasteiger partial charge in [0.2, 0.25) is 0 Å². The van der Waals surface area contributed by atoms with Crippen molar-refractivity contribution in [2.45, 2.75) is 6.92 Å². The van der Waals surface area contributed by atoms with Crippen molar-refractivity contribution in [1.82, 2.24) is 4.98 Å². The highest BCUT2D eigenvalue weighted by molar-refractivity contribution is 6.03. The molecule has 1 amide bonds. The van der Waals surface area contributed by atoms with Crippen molar-refractivity contribution in [2.24, 2.45) is 0 Å². The van der Waals surface area contributed by atoms with E-state index in [1.165, 1.54) is 0 Å². The van der Waals surface area contributed by atoms with E-state index in [4.69, 9.17) is 0 Å². The van der Waals surface area contributed by atoms with E-state index in [9.17, 15) is 4.79 Å². The number of anilines is 2. The van der Waals surface area contributed by atoms with Gasteiger partial charge in [-0.05, 0) is 31.2 Å². The van der Waals surface area contributed by atoms with Crippen LogP contribution in [-0.2, 0) is 0 Å². The lowest BCUT2D eigenvalue weighted by Crippen LogP contribution is -2.14. The van der Waals surface area contributed by atoms with Crippen molar-refractivity contribution in [3.8, 4) is 0 Å². The van der Waals surface area contributed by atoms with Crippen molar-refractivity contribution >= 4 is 17.4 Å². The van der Waals surface area contributed by atoms with Gasteiger partial charge < -0.3 is 10.6 Å². The molecule has 0 fully saturated rings. The van der Waals surface area contributed by atoms with E-state index < -0.39 is 0 Å². The lowest BCUT2D eigenvalue weighted by Gasteiger charge is -2.06. The van der Waals surface area contributed by atoms with Crippen LogP contribution in [0.5, 0.6) is 0 Å². The predicted octanol–water partition coefficient (Wildman–Crippen LogP) is 2.77. The second-order valence-corrected chi connectivity index (χ2v) is 3.76. The third-order valence-corrected chi connectivity index (χ3v) is 2.37. The summed E-state index contributed by atoms with van der Waals surface area (Å²) in [5.41, 5.74) is 1.16. The maximum Gasteiger partial charge on any atom is 0.274 e. The van der Waals surface area contributed by atoms with E-state index in [0.29, 0.717) is 11.5 Å². The number of amides is 1. The van der Waals surface area contributed by atoms with Crippen molar-refractivity contribution in [3.63, 3.8) is 0 Å². The number of hydrogen-bond acceptors (Lipinski definition) is 3. The lowest BCUT2D eigenvalue weighted by molar-refractivity contribution is 0.102. The van der Waals surface area contributed by atoms with E-state index in [1.807, 2.05) is 49.4 Å². The molecule has 0 saturated heterocycles. The van der Waals surface area contributed by atoms with Crippen molar-refractivity contribution in [3.05, 3.63) is 54.2 Å². The first-order chi connectivity index (χ1) is 8.79. The zero-order valence-corrected chi connectivity index (χ0v) is 10.2. The van der Waals surface area contributed by atoms with Gasteiger partial charge >= 0.3 is 0 Å². The minimum absolute atomic E-state index is 0.207. The van der Waals surface area contributed by atoms with Gasteiger partial charge in [-0.15, -0.1) is 0 Å². The first kappa shape index (κ1) is 12.1. The number of para-hydroxylation sites is 1. The van der Waals surface area contributed by atoms with E-state index in [2.05, 4.69) is 15.6 Å². The summed E-state index contributed by atoms with van der Waals surface area (Å²) in [5.74, 6) is 0.499. The Kier molecular flexibility index (Phi) is 3.91. The first-order valence-electron chi connectivity index (χ1n) is 5.87. The smallest absolute Gasteiger partial charge is 0.274 e. The molecule has 1 aromatic carbocycles. The van der Waals surface area contributed by atoms with Gasteiger partial charge in [-0.25, -0.2) is 4.98 Å². The molecule has 2 rings (SSSR count). The van der Waals surface area contributed by atoms with Gasteiger partial charge in [0.05, 0.1) is 0 Å². The zero-order valence-electron chi connectivity index (χ0n) is 10.2. The third kappa shape index (κ3) is 3.07. The molecule has 18 heavy (non-hydrogen) atoms. The Morgan fingerprint density at radius 2 is 1.89 bits per heavy atom. The number of benzene rings is 1. The zero-order chi connectivity index (χ0) is 12.8. The molecule has 2 aromatic rings. The summed E-state index contributed by atoms with van der Waals surface area (Å²) >= 11 is 0. The Morgan fingerprint density at radius 1 is 1.11 bits per heavy atom. The summed E-state index contributed by atoms with van der Waals surface area (Å²) in [6, 6.07) is 14.7. The highest BCUT2D eigenvalue weighted by Gasteiger charge is 2.07. The Labute approximate surface area is 106 Å². The normalized spacial score (nSPS) is 9.83. The minimum Gasteiger partial charge on any atom is -0.370 e. The molecule has 0 atom stereocenters. The summed E-state index contributed by atoms with van der Waals surface area (Å²) in [7, 11) is 0. The topological polar surface area (TPSA) is 54.0 Å². The molecule has 4 nitrogen and oxygen atoms in total. The number of nitrogens with one attached hydrogen (secondary N) is 2. The molecular formula is C14H15N3O. The van der Waals surface area contributed by atoms with Crippen LogP contribution >= 0.6 is 0 Å². The Morgan fingerprint density at radius 3 is 2.61 bits per heavy atom. The van der Waals surface area contributed by atoms with Crippen LogP contribution in [0.25, 0.3) is 0 Å². The highest BCUT2D eigenvalue weighted by Crippen LogP contribution is 2.09. The number of pyridine rings is 1. The van der Waals surface area contributed by atoms with Crippen LogP contribution in [0.3, 0.4) is 0 Å². The largest absolute Gasteiger partial charge is 0.370 e. The van der Waals surface area contributed by atoms with Gasteiger partial charge in [0.25, 0.3) is 5.91 Å². The van der Waals surface area contributed by atoms with E-state index in [1.54, 1.807) is 6.07 Å². The lowest BCUT2D eigenvalue weighted by atomic mass is 10.3. The Balaban J connectivity index is 2.11. The molecule has 0 spiro atoms. The van der Waals surface area contributed by atoms with Gasteiger partial charge in [0.15, 0.2) is 0 Å². The fraction of sp³-hybridized carbons (Fsp3) is 0.143. The molecule has 0 aliphatic heterocycles. The Hall–Kier alpha value is -2.36. The summed E-state index contributed by atoms with van der Waals surface area (Å²) in [4.78, 5) is 16.2. The minimum atomic E-state index is -0.207. The van der Waals surface area contributed by atoms with Gasteiger partial charge in [-0.1, -0.05) is 24.3 Å². The van der Waals surface area contributed by atoms with Gasteiger partial charge in [-0.3, -0.25) is 4.79 Å². The first-order valence-corrected chi connectivity index (χ1v) is 5.87. The summed E-state index contributed by atoms with van der Waals surface area (Å²) in [6.07, 6.45) is 0. The standard InChI is InChI=1S/C14H15N3O/c1-2-15-13-10-6-9-12(17-13)14(18)16-11-7-4-3-5-8-11/h3-10H,2H2,1H3,(H,15,17)(H,16,18). The predicted molar refractivity (Wildman–Crippen MR) is 72.8 cm³/mol. The molecule has 0 aliphatic rings. The van der Waals surface area contributed by atoms with Crippen molar-refractivity contribution in [1.29, 1.82) is 0 Å². The monoisotopic (exact) mass is 241 g/mol. The van der Waals surface area contributed by atoms with Gasteiger partial charge in [0, 0.05) is 12.2 Å². The van der Waals surface area contributed by atoms with E-state index in [-0.39, 0.29) is 5.91 Å². The molecule has 0 unspecified atom stereocenters. The molecule has 4 heteroatoms. The Bertz CT molecular complexity index is 526. The van der Waals surface area contributed by atoms with Gasteiger partial charge in [-0.2, -0.15) is 0 Å². The quantitative estimate of drug-likeness (QED) is 0.865. The van der Waals surface area contributed by atoms with Gasteiger partial charge in [0.1, 0.15) is 11.5 Å². The molecule has 2 N–H and O–H groups in total. The van der Waals surface area contributed by atoms with E-state index >= 15 is 0 Å². The fourth-order valence-corrected chi connectivity index (χ4v) is 1.56. The van der Waals surface area contributed by atoms with E-state index in [0.717, 1.165) is 12.2 Å². The average Bonchev–Trinajstić information content (AvgIpc) is 2.40.